The highest BCUT2D eigenvalue weighted by Crippen LogP contribution is 2.33. The van der Waals surface area contributed by atoms with Crippen LogP contribution in [0.4, 0.5) is 0 Å². The summed E-state index contributed by atoms with van der Waals surface area (Å²) in [5, 5.41) is 3.17. The van der Waals surface area contributed by atoms with Crippen LogP contribution in [0, 0.1) is 5.92 Å². The van der Waals surface area contributed by atoms with Crippen LogP contribution < -0.4 is 5.32 Å². The number of amides is 1. The number of nitrogens with zero attached hydrogens (tertiary/aromatic N) is 1. The number of carbonyl (C=O) groups is 1. The molecule has 2 fully saturated rings. The lowest BCUT2D eigenvalue weighted by Gasteiger charge is -2.37. The van der Waals surface area contributed by atoms with Crippen molar-refractivity contribution in [1.82, 2.24) is 10.2 Å². The molecule has 3 nitrogen and oxygen atoms in total. The summed E-state index contributed by atoms with van der Waals surface area (Å²) in [7, 11) is 2.15. The van der Waals surface area contributed by atoms with Crippen molar-refractivity contribution in [2.75, 3.05) is 20.1 Å². The SMILES string of the molecule is CC1CC2(CCN(C)CC2)NC1=O. The van der Waals surface area contributed by atoms with Gasteiger partial charge >= 0.3 is 0 Å². The van der Waals surface area contributed by atoms with Crippen LogP contribution in [0.15, 0.2) is 0 Å². The van der Waals surface area contributed by atoms with E-state index >= 15 is 0 Å². The summed E-state index contributed by atoms with van der Waals surface area (Å²) in [5.41, 5.74) is 0.156. The van der Waals surface area contributed by atoms with Crippen LogP contribution in [0.3, 0.4) is 0 Å². The fourth-order valence-corrected chi connectivity index (χ4v) is 2.49. The van der Waals surface area contributed by atoms with Crippen molar-refractivity contribution in [3.05, 3.63) is 0 Å². The molecular formula is C10H18N2O. The minimum absolute atomic E-state index is 0.156. The predicted octanol–water partition coefficient (Wildman–Crippen LogP) is 0.607. The Bertz CT molecular complexity index is 219. The molecule has 2 saturated heterocycles. The summed E-state index contributed by atoms with van der Waals surface area (Å²) in [6, 6.07) is 0. The van der Waals surface area contributed by atoms with Gasteiger partial charge in [-0.15, -0.1) is 0 Å². The molecule has 74 valence electrons. The first kappa shape index (κ1) is 9.00. The van der Waals surface area contributed by atoms with E-state index in [0.29, 0.717) is 0 Å². The highest BCUT2D eigenvalue weighted by molar-refractivity contribution is 5.81. The van der Waals surface area contributed by atoms with Crippen LogP contribution in [0.2, 0.25) is 0 Å². The Hall–Kier alpha value is -0.570. The standard InChI is InChI=1S/C10H18N2O/c1-8-7-10(11-9(8)13)3-5-12(2)6-4-10/h8H,3-7H2,1-2H3,(H,11,13). The Morgan fingerprint density at radius 3 is 2.54 bits per heavy atom. The second-order valence-corrected chi connectivity index (χ2v) is 4.68. The average molecular weight is 182 g/mol. The molecule has 2 rings (SSSR count). The largest absolute Gasteiger partial charge is 0.350 e. The van der Waals surface area contributed by atoms with Crippen LogP contribution in [0.25, 0.3) is 0 Å². The van der Waals surface area contributed by atoms with E-state index in [1.165, 1.54) is 0 Å². The first-order valence-corrected chi connectivity index (χ1v) is 5.12. The zero-order chi connectivity index (χ0) is 9.47. The summed E-state index contributed by atoms with van der Waals surface area (Å²) in [4.78, 5) is 13.7. The molecular weight excluding hydrogens is 164 g/mol. The number of likely N-dealkylation sites (tertiary alicyclic amines) is 1. The Morgan fingerprint density at radius 1 is 1.46 bits per heavy atom. The minimum Gasteiger partial charge on any atom is -0.350 e. The van der Waals surface area contributed by atoms with Crippen LogP contribution in [-0.2, 0) is 4.79 Å². The molecule has 3 heteroatoms. The first-order chi connectivity index (χ1) is 6.11. The third kappa shape index (κ3) is 1.57. The zero-order valence-electron chi connectivity index (χ0n) is 8.47. The maximum atomic E-state index is 11.4. The molecule has 0 saturated carbocycles. The number of hydrogen-bond donors (Lipinski definition) is 1. The smallest absolute Gasteiger partial charge is 0.223 e. The minimum atomic E-state index is 0.156. The van der Waals surface area contributed by atoms with E-state index in [9.17, 15) is 4.79 Å². The van der Waals surface area contributed by atoms with E-state index in [0.717, 1.165) is 32.4 Å². The van der Waals surface area contributed by atoms with Gasteiger partial charge in [0.25, 0.3) is 0 Å². The Labute approximate surface area is 79.5 Å². The van der Waals surface area contributed by atoms with E-state index in [-0.39, 0.29) is 17.4 Å². The first-order valence-electron chi connectivity index (χ1n) is 5.12. The molecule has 1 unspecified atom stereocenters. The lowest BCUT2D eigenvalue weighted by molar-refractivity contribution is -0.122. The quantitative estimate of drug-likeness (QED) is 0.595. The highest BCUT2D eigenvalue weighted by Gasteiger charge is 2.43. The molecule has 1 amide bonds. The average Bonchev–Trinajstić information content (AvgIpc) is 2.36. The third-order valence-electron chi connectivity index (χ3n) is 3.48. The fourth-order valence-electron chi connectivity index (χ4n) is 2.49. The van der Waals surface area contributed by atoms with Crippen molar-refractivity contribution >= 4 is 5.91 Å². The van der Waals surface area contributed by atoms with Crippen LogP contribution in [0.1, 0.15) is 26.2 Å². The molecule has 0 bridgehead atoms. The Morgan fingerprint density at radius 2 is 2.08 bits per heavy atom. The molecule has 0 aromatic heterocycles. The maximum Gasteiger partial charge on any atom is 0.223 e. The van der Waals surface area contributed by atoms with E-state index in [4.69, 9.17) is 0 Å². The van der Waals surface area contributed by atoms with Gasteiger partial charge < -0.3 is 10.2 Å². The topological polar surface area (TPSA) is 32.3 Å². The Kier molecular flexibility index (Phi) is 2.06. The fraction of sp³-hybridized carbons (Fsp3) is 0.900. The van der Waals surface area contributed by atoms with E-state index < -0.39 is 0 Å². The van der Waals surface area contributed by atoms with Crippen LogP contribution >= 0.6 is 0 Å². The van der Waals surface area contributed by atoms with E-state index in [1.54, 1.807) is 0 Å². The van der Waals surface area contributed by atoms with Crippen molar-refractivity contribution in [1.29, 1.82) is 0 Å². The van der Waals surface area contributed by atoms with Crippen molar-refractivity contribution in [3.8, 4) is 0 Å². The summed E-state index contributed by atoms with van der Waals surface area (Å²) in [6.07, 6.45) is 3.29. The van der Waals surface area contributed by atoms with Gasteiger partial charge in [0.2, 0.25) is 5.91 Å². The van der Waals surface area contributed by atoms with Crippen LogP contribution in [-0.4, -0.2) is 36.5 Å². The number of hydrogen-bond acceptors (Lipinski definition) is 2. The summed E-state index contributed by atoms with van der Waals surface area (Å²) < 4.78 is 0. The number of carbonyl (C=O) groups excluding carboxylic acids is 1. The molecule has 0 aromatic rings. The van der Waals surface area contributed by atoms with E-state index in [1.807, 2.05) is 6.92 Å². The summed E-state index contributed by atoms with van der Waals surface area (Å²) in [5.74, 6) is 0.480. The third-order valence-corrected chi connectivity index (χ3v) is 3.48. The summed E-state index contributed by atoms with van der Waals surface area (Å²) >= 11 is 0. The molecule has 1 spiro atoms. The van der Waals surface area contributed by atoms with Crippen LogP contribution in [0.5, 0.6) is 0 Å². The number of piperidine rings is 1. The molecule has 13 heavy (non-hydrogen) atoms. The molecule has 0 aromatic carbocycles. The van der Waals surface area contributed by atoms with E-state index in [2.05, 4.69) is 17.3 Å². The normalized spacial score (nSPS) is 33.7. The maximum absolute atomic E-state index is 11.4. The second-order valence-electron chi connectivity index (χ2n) is 4.68. The molecule has 1 atom stereocenters. The lowest BCUT2D eigenvalue weighted by atomic mass is 9.84. The van der Waals surface area contributed by atoms with Crippen molar-refractivity contribution in [2.45, 2.75) is 31.7 Å². The van der Waals surface area contributed by atoms with Gasteiger partial charge in [-0.3, -0.25) is 4.79 Å². The van der Waals surface area contributed by atoms with Crippen molar-refractivity contribution < 1.29 is 4.79 Å². The van der Waals surface area contributed by atoms with Gasteiger partial charge in [-0.2, -0.15) is 0 Å². The lowest BCUT2D eigenvalue weighted by Crippen LogP contribution is -2.49. The van der Waals surface area contributed by atoms with Gasteiger partial charge in [-0.05, 0) is 26.3 Å². The second kappa shape index (κ2) is 2.98. The van der Waals surface area contributed by atoms with Crippen molar-refractivity contribution in [2.24, 2.45) is 5.92 Å². The summed E-state index contributed by atoms with van der Waals surface area (Å²) in [6.45, 7) is 4.27. The van der Waals surface area contributed by atoms with Gasteiger partial charge in [0.1, 0.15) is 0 Å². The predicted molar refractivity (Wildman–Crippen MR) is 51.4 cm³/mol. The molecule has 2 heterocycles. The van der Waals surface area contributed by atoms with Crippen molar-refractivity contribution in [3.63, 3.8) is 0 Å². The van der Waals surface area contributed by atoms with Gasteiger partial charge in [0, 0.05) is 24.5 Å². The molecule has 2 aliphatic heterocycles. The number of nitrogens with one attached hydrogen (secondary N) is 1. The van der Waals surface area contributed by atoms with Gasteiger partial charge in [0.05, 0.1) is 0 Å². The zero-order valence-corrected chi connectivity index (χ0v) is 8.47. The van der Waals surface area contributed by atoms with Gasteiger partial charge in [-0.25, -0.2) is 0 Å². The van der Waals surface area contributed by atoms with Gasteiger partial charge in [-0.1, -0.05) is 6.92 Å². The van der Waals surface area contributed by atoms with Gasteiger partial charge in [0.15, 0.2) is 0 Å². The molecule has 0 aliphatic carbocycles. The number of rotatable bonds is 0. The monoisotopic (exact) mass is 182 g/mol. The molecule has 0 radical (unpaired) electrons. The molecule has 2 aliphatic rings. The highest BCUT2D eigenvalue weighted by atomic mass is 16.2. The Balaban J connectivity index is 2.03. The molecule has 1 N–H and O–H groups in total.